The van der Waals surface area contributed by atoms with Crippen molar-refractivity contribution in [1.82, 2.24) is 20.2 Å². The molecule has 4 N–H and O–H groups in total. The second-order valence-corrected chi connectivity index (χ2v) is 6.29. The lowest BCUT2D eigenvalue weighted by Gasteiger charge is -2.26. The lowest BCUT2D eigenvalue weighted by molar-refractivity contribution is 0.0374. The molecule has 0 spiro atoms. The standard InChI is InChI=1S/C17H32N6O/c1-14-15(6-5-9-23-10-12-24-13-11-23)16(22-17(18)21-14)20-8-4-3-7-19-2/h19H,3-13H2,1-2H3,(H3,18,20,21,22). The van der Waals surface area contributed by atoms with E-state index in [2.05, 4.69) is 25.5 Å². The van der Waals surface area contributed by atoms with Crippen LogP contribution in [0.4, 0.5) is 11.8 Å². The van der Waals surface area contributed by atoms with Crippen LogP contribution in [0.5, 0.6) is 0 Å². The molecule has 1 saturated heterocycles. The van der Waals surface area contributed by atoms with Gasteiger partial charge in [-0.1, -0.05) is 0 Å². The molecule has 1 aliphatic rings. The van der Waals surface area contributed by atoms with Gasteiger partial charge in [0.05, 0.1) is 13.2 Å². The van der Waals surface area contributed by atoms with E-state index < -0.39 is 0 Å². The van der Waals surface area contributed by atoms with Gasteiger partial charge in [-0.05, 0) is 52.7 Å². The van der Waals surface area contributed by atoms with Crippen molar-refractivity contribution in [3.63, 3.8) is 0 Å². The molecule has 0 radical (unpaired) electrons. The largest absolute Gasteiger partial charge is 0.379 e. The average Bonchev–Trinajstić information content (AvgIpc) is 2.58. The second-order valence-electron chi connectivity index (χ2n) is 6.29. The summed E-state index contributed by atoms with van der Waals surface area (Å²) >= 11 is 0. The molecule has 2 heterocycles. The summed E-state index contributed by atoms with van der Waals surface area (Å²) in [6.07, 6.45) is 4.33. The number of aromatic nitrogens is 2. The lowest BCUT2D eigenvalue weighted by atomic mass is 10.1. The molecule has 24 heavy (non-hydrogen) atoms. The molecule has 1 aromatic heterocycles. The Labute approximate surface area is 145 Å². The highest BCUT2D eigenvalue weighted by Gasteiger charge is 2.13. The van der Waals surface area contributed by atoms with Crippen LogP contribution in [0, 0.1) is 6.92 Å². The molecule has 0 atom stereocenters. The molecule has 1 fully saturated rings. The van der Waals surface area contributed by atoms with Gasteiger partial charge in [-0.15, -0.1) is 0 Å². The molecule has 0 amide bonds. The number of nitrogens with one attached hydrogen (secondary N) is 2. The Kier molecular flexibility index (Phi) is 8.21. The van der Waals surface area contributed by atoms with Crippen LogP contribution >= 0.6 is 0 Å². The highest BCUT2D eigenvalue weighted by atomic mass is 16.5. The van der Waals surface area contributed by atoms with Crippen molar-refractivity contribution >= 4 is 11.8 Å². The van der Waals surface area contributed by atoms with Gasteiger partial charge in [0.2, 0.25) is 5.95 Å². The highest BCUT2D eigenvalue weighted by Crippen LogP contribution is 2.19. The first-order valence-corrected chi connectivity index (χ1v) is 9.02. The van der Waals surface area contributed by atoms with Gasteiger partial charge in [0.15, 0.2) is 0 Å². The van der Waals surface area contributed by atoms with Gasteiger partial charge < -0.3 is 21.1 Å². The molecular formula is C17H32N6O. The van der Waals surface area contributed by atoms with Crippen molar-refractivity contribution in [3.8, 4) is 0 Å². The van der Waals surface area contributed by atoms with E-state index in [1.807, 2.05) is 14.0 Å². The maximum Gasteiger partial charge on any atom is 0.222 e. The number of unbranched alkanes of at least 4 members (excludes halogenated alkanes) is 1. The number of anilines is 2. The number of nitrogen functional groups attached to an aromatic ring is 1. The number of nitrogens with two attached hydrogens (primary N) is 1. The Morgan fingerprint density at radius 2 is 1.88 bits per heavy atom. The molecule has 0 bridgehead atoms. The predicted octanol–water partition coefficient (Wildman–Crippen LogP) is 1.04. The Balaban J connectivity index is 1.86. The van der Waals surface area contributed by atoms with Crippen LogP contribution in [0.25, 0.3) is 0 Å². The number of ether oxygens (including phenoxy) is 1. The van der Waals surface area contributed by atoms with Crippen molar-refractivity contribution in [2.24, 2.45) is 0 Å². The SMILES string of the molecule is CNCCCCNc1nc(N)nc(C)c1CCCN1CCOCC1. The van der Waals surface area contributed by atoms with Gasteiger partial charge in [0.1, 0.15) is 5.82 Å². The fourth-order valence-electron chi connectivity index (χ4n) is 3.00. The van der Waals surface area contributed by atoms with E-state index in [9.17, 15) is 0 Å². The zero-order valence-electron chi connectivity index (χ0n) is 15.1. The van der Waals surface area contributed by atoms with Crippen LogP contribution in [0.3, 0.4) is 0 Å². The minimum absolute atomic E-state index is 0.349. The molecular weight excluding hydrogens is 304 g/mol. The number of rotatable bonds is 10. The molecule has 0 saturated carbocycles. The topological polar surface area (TPSA) is 88.3 Å². The second kappa shape index (κ2) is 10.4. The first-order valence-electron chi connectivity index (χ1n) is 9.02. The fraction of sp³-hybridized carbons (Fsp3) is 0.765. The van der Waals surface area contributed by atoms with Crippen LogP contribution in [-0.2, 0) is 11.2 Å². The van der Waals surface area contributed by atoms with E-state index >= 15 is 0 Å². The number of aryl methyl sites for hydroxylation is 1. The quantitative estimate of drug-likeness (QED) is 0.550. The molecule has 1 aliphatic heterocycles. The lowest BCUT2D eigenvalue weighted by Crippen LogP contribution is -2.37. The van der Waals surface area contributed by atoms with Crippen molar-refractivity contribution in [3.05, 3.63) is 11.3 Å². The third-order valence-corrected chi connectivity index (χ3v) is 4.38. The molecule has 1 aromatic rings. The number of morpholine rings is 1. The van der Waals surface area contributed by atoms with Gasteiger partial charge in [-0.3, -0.25) is 4.90 Å². The van der Waals surface area contributed by atoms with Gasteiger partial charge in [0.25, 0.3) is 0 Å². The summed E-state index contributed by atoms with van der Waals surface area (Å²) in [6.45, 7) is 8.84. The Morgan fingerprint density at radius 1 is 1.12 bits per heavy atom. The van der Waals surface area contributed by atoms with Crippen LogP contribution in [0.15, 0.2) is 0 Å². The average molecular weight is 336 g/mol. The molecule has 0 unspecified atom stereocenters. The van der Waals surface area contributed by atoms with E-state index in [1.54, 1.807) is 0 Å². The summed E-state index contributed by atoms with van der Waals surface area (Å²) in [5.74, 6) is 1.26. The minimum Gasteiger partial charge on any atom is -0.379 e. The van der Waals surface area contributed by atoms with Crippen LogP contribution in [-0.4, -0.2) is 67.9 Å². The Morgan fingerprint density at radius 3 is 2.62 bits per heavy atom. The summed E-state index contributed by atoms with van der Waals surface area (Å²) in [5, 5.41) is 6.62. The maximum absolute atomic E-state index is 5.83. The van der Waals surface area contributed by atoms with Crippen LogP contribution in [0.1, 0.15) is 30.5 Å². The predicted molar refractivity (Wildman–Crippen MR) is 98.4 cm³/mol. The number of hydrogen-bond donors (Lipinski definition) is 3. The van der Waals surface area contributed by atoms with Crippen LogP contribution < -0.4 is 16.4 Å². The summed E-state index contributed by atoms with van der Waals surface area (Å²) < 4.78 is 5.40. The van der Waals surface area contributed by atoms with Gasteiger partial charge in [-0.2, -0.15) is 4.98 Å². The van der Waals surface area contributed by atoms with E-state index in [-0.39, 0.29) is 0 Å². The van der Waals surface area contributed by atoms with Crippen molar-refractivity contribution in [1.29, 1.82) is 0 Å². The molecule has 0 aliphatic carbocycles. The van der Waals surface area contributed by atoms with Gasteiger partial charge in [0, 0.05) is 30.9 Å². The maximum atomic E-state index is 5.83. The van der Waals surface area contributed by atoms with E-state index in [4.69, 9.17) is 10.5 Å². The molecule has 2 rings (SSSR count). The summed E-state index contributed by atoms with van der Waals surface area (Å²) in [6, 6.07) is 0. The monoisotopic (exact) mass is 336 g/mol. The Hall–Kier alpha value is -1.44. The minimum atomic E-state index is 0.349. The van der Waals surface area contributed by atoms with Crippen molar-refractivity contribution in [2.45, 2.75) is 32.6 Å². The summed E-state index contributed by atoms with van der Waals surface area (Å²) in [5.41, 5.74) is 8.02. The number of nitrogens with zero attached hydrogens (tertiary/aromatic N) is 3. The van der Waals surface area contributed by atoms with Crippen molar-refractivity contribution in [2.75, 3.05) is 64.0 Å². The fourth-order valence-corrected chi connectivity index (χ4v) is 3.00. The third kappa shape index (κ3) is 6.22. The van der Waals surface area contributed by atoms with Crippen molar-refractivity contribution < 1.29 is 4.74 Å². The highest BCUT2D eigenvalue weighted by molar-refractivity contribution is 5.49. The summed E-state index contributed by atoms with van der Waals surface area (Å²) in [7, 11) is 1.98. The Bertz CT molecular complexity index is 490. The van der Waals surface area contributed by atoms with E-state index in [1.165, 1.54) is 5.56 Å². The molecule has 136 valence electrons. The van der Waals surface area contributed by atoms with E-state index in [0.29, 0.717) is 5.95 Å². The smallest absolute Gasteiger partial charge is 0.222 e. The third-order valence-electron chi connectivity index (χ3n) is 4.38. The van der Waals surface area contributed by atoms with Crippen LogP contribution in [0.2, 0.25) is 0 Å². The zero-order valence-corrected chi connectivity index (χ0v) is 15.1. The van der Waals surface area contributed by atoms with Gasteiger partial charge in [-0.25, -0.2) is 4.98 Å². The van der Waals surface area contributed by atoms with Gasteiger partial charge >= 0.3 is 0 Å². The zero-order chi connectivity index (χ0) is 17.2. The molecule has 0 aromatic carbocycles. The normalized spacial score (nSPS) is 15.6. The van der Waals surface area contributed by atoms with E-state index in [0.717, 1.165) is 83.1 Å². The molecule has 7 nitrogen and oxygen atoms in total. The number of hydrogen-bond acceptors (Lipinski definition) is 7. The molecule has 7 heteroatoms. The summed E-state index contributed by atoms with van der Waals surface area (Å²) in [4.78, 5) is 11.2. The first-order chi connectivity index (χ1) is 11.7. The first kappa shape index (κ1) is 18.9.